The molecule has 4 heteroatoms. The fourth-order valence-corrected chi connectivity index (χ4v) is 1.58. The number of benzene rings is 1. The minimum Gasteiger partial charge on any atom is -0.496 e. The third-order valence-electron chi connectivity index (χ3n) is 2.41. The highest BCUT2D eigenvalue weighted by Crippen LogP contribution is 2.32. The van der Waals surface area contributed by atoms with E-state index in [9.17, 15) is 9.50 Å². The molecule has 0 saturated carbocycles. The highest BCUT2D eigenvalue weighted by Gasteiger charge is 2.15. The van der Waals surface area contributed by atoms with Crippen molar-refractivity contribution in [3.05, 3.63) is 23.5 Å². The highest BCUT2D eigenvalue weighted by molar-refractivity contribution is 5.45. The number of aliphatic hydroxyl groups excluding tert-OH is 1. The van der Waals surface area contributed by atoms with Crippen molar-refractivity contribution in [2.24, 2.45) is 0 Å². The minimum absolute atomic E-state index is 0.194. The Kier molecular flexibility index (Phi) is 4.55. The molecule has 1 aromatic carbocycles. The van der Waals surface area contributed by atoms with Gasteiger partial charge in [0, 0.05) is 5.56 Å². The van der Waals surface area contributed by atoms with Gasteiger partial charge in [0.15, 0.2) is 11.6 Å². The van der Waals surface area contributed by atoms with Crippen LogP contribution in [0.4, 0.5) is 4.39 Å². The Labute approximate surface area is 94.8 Å². The number of halogens is 1. The van der Waals surface area contributed by atoms with Gasteiger partial charge in [0.2, 0.25) is 0 Å². The maximum absolute atomic E-state index is 13.4. The lowest BCUT2D eigenvalue weighted by atomic mass is 10.0. The Balaban J connectivity index is 3.04. The Morgan fingerprint density at radius 2 is 2.00 bits per heavy atom. The standard InChI is InChI=1S/C12H17FO3/c1-8(14)4-5-9-11(15-2)7-6-10(13)12(9)16-3/h6-8,14H,4-5H2,1-3H3/t8-/m1/s1. The van der Waals surface area contributed by atoms with Crippen molar-refractivity contribution in [3.63, 3.8) is 0 Å². The van der Waals surface area contributed by atoms with E-state index in [-0.39, 0.29) is 5.75 Å². The number of ether oxygens (including phenoxy) is 2. The average Bonchev–Trinajstić information content (AvgIpc) is 2.26. The molecule has 16 heavy (non-hydrogen) atoms. The van der Waals surface area contributed by atoms with E-state index in [0.717, 1.165) is 0 Å². The molecular weight excluding hydrogens is 211 g/mol. The van der Waals surface area contributed by atoms with Gasteiger partial charge in [-0.1, -0.05) is 0 Å². The lowest BCUT2D eigenvalue weighted by molar-refractivity contribution is 0.184. The van der Waals surface area contributed by atoms with Crippen molar-refractivity contribution in [3.8, 4) is 11.5 Å². The van der Waals surface area contributed by atoms with Crippen molar-refractivity contribution in [1.29, 1.82) is 0 Å². The van der Waals surface area contributed by atoms with Gasteiger partial charge in [0.1, 0.15) is 5.75 Å². The summed E-state index contributed by atoms with van der Waals surface area (Å²) in [7, 11) is 2.95. The van der Waals surface area contributed by atoms with E-state index in [0.29, 0.717) is 24.2 Å². The summed E-state index contributed by atoms with van der Waals surface area (Å²) < 4.78 is 23.6. The molecule has 3 nitrogen and oxygen atoms in total. The quantitative estimate of drug-likeness (QED) is 0.839. The number of hydrogen-bond acceptors (Lipinski definition) is 3. The molecule has 0 bridgehead atoms. The maximum atomic E-state index is 13.4. The van der Waals surface area contributed by atoms with Gasteiger partial charge in [-0.2, -0.15) is 0 Å². The van der Waals surface area contributed by atoms with Gasteiger partial charge in [0.25, 0.3) is 0 Å². The van der Waals surface area contributed by atoms with Crippen LogP contribution in [0.3, 0.4) is 0 Å². The number of methoxy groups -OCH3 is 2. The maximum Gasteiger partial charge on any atom is 0.165 e. The average molecular weight is 228 g/mol. The first-order chi connectivity index (χ1) is 7.60. The van der Waals surface area contributed by atoms with Crippen molar-refractivity contribution < 1.29 is 19.0 Å². The first kappa shape index (κ1) is 12.8. The second kappa shape index (κ2) is 5.70. The molecule has 1 rings (SSSR count). The Morgan fingerprint density at radius 3 is 2.50 bits per heavy atom. The second-order valence-corrected chi connectivity index (χ2v) is 3.65. The lowest BCUT2D eigenvalue weighted by Gasteiger charge is -2.14. The number of rotatable bonds is 5. The van der Waals surface area contributed by atoms with Crippen LogP contribution in [0.25, 0.3) is 0 Å². The summed E-state index contributed by atoms with van der Waals surface area (Å²) in [6.07, 6.45) is 0.621. The molecule has 0 amide bonds. The summed E-state index contributed by atoms with van der Waals surface area (Å²) in [5, 5.41) is 9.23. The first-order valence-corrected chi connectivity index (χ1v) is 5.17. The molecule has 90 valence electrons. The Bertz CT molecular complexity index is 350. The van der Waals surface area contributed by atoms with E-state index in [2.05, 4.69) is 0 Å². The molecule has 1 N–H and O–H groups in total. The monoisotopic (exact) mass is 228 g/mol. The van der Waals surface area contributed by atoms with Crippen molar-refractivity contribution in [2.45, 2.75) is 25.9 Å². The zero-order chi connectivity index (χ0) is 12.1. The number of aliphatic hydroxyl groups is 1. The van der Waals surface area contributed by atoms with Crippen molar-refractivity contribution in [1.82, 2.24) is 0 Å². The van der Waals surface area contributed by atoms with Crippen LogP contribution >= 0.6 is 0 Å². The third kappa shape index (κ3) is 2.85. The molecule has 0 aliphatic carbocycles. The third-order valence-corrected chi connectivity index (χ3v) is 2.41. The molecule has 0 radical (unpaired) electrons. The van der Waals surface area contributed by atoms with Gasteiger partial charge >= 0.3 is 0 Å². The highest BCUT2D eigenvalue weighted by atomic mass is 19.1. The van der Waals surface area contributed by atoms with Crippen LogP contribution in [0.15, 0.2) is 12.1 Å². The normalized spacial score (nSPS) is 12.3. The number of hydrogen-bond donors (Lipinski definition) is 1. The van der Waals surface area contributed by atoms with Crippen molar-refractivity contribution >= 4 is 0 Å². The summed E-state index contributed by atoms with van der Waals surface area (Å²) >= 11 is 0. The summed E-state index contributed by atoms with van der Waals surface area (Å²) in [5.74, 6) is 0.364. The molecule has 0 aliphatic rings. The van der Waals surface area contributed by atoms with Gasteiger partial charge in [-0.15, -0.1) is 0 Å². The lowest BCUT2D eigenvalue weighted by Crippen LogP contribution is -2.05. The molecule has 0 spiro atoms. The topological polar surface area (TPSA) is 38.7 Å². The molecule has 1 aromatic rings. The van der Waals surface area contributed by atoms with Crippen LogP contribution in [-0.4, -0.2) is 25.4 Å². The van der Waals surface area contributed by atoms with E-state index in [1.165, 1.54) is 20.3 Å². The molecule has 0 aliphatic heterocycles. The molecule has 0 unspecified atom stereocenters. The predicted molar refractivity (Wildman–Crippen MR) is 59.5 cm³/mol. The molecule has 0 fully saturated rings. The van der Waals surface area contributed by atoms with Crippen LogP contribution < -0.4 is 9.47 Å². The molecule has 1 atom stereocenters. The largest absolute Gasteiger partial charge is 0.496 e. The van der Waals surface area contributed by atoms with E-state index in [1.54, 1.807) is 13.0 Å². The van der Waals surface area contributed by atoms with Crippen LogP contribution in [0.1, 0.15) is 18.9 Å². The van der Waals surface area contributed by atoms with Crippen LogP contribution in [-0.2, 0) is 6.42 Å². The van der Waals surface area contributed by atoms with Crippen LogP contribution in [0, 0.1) is 5.82 Å². The minimum atomic E-state index is -0.433. The van der Waals surface area contributed by atoms with Crippen LogP contribution in [0.2, 0.25) is 0 Å². The van der Waals surface area contributed by atoms with Gasteiger partial charge in [0.05, 0.1) is 20.3 Å². The van der Waals surface area contributed by atoms with Gasteiger partial charge in [-0.25, -0.2) is 4.39 Å². The zero-order valence-electron chi connectivity index (χ0n) is 9.79. The van der Waals surface area contributed by atoms with Crippen molar-refractivity contribution in [2.75, 3.05) is 14.2 Å². The SMILES string of the molecule is COc1ccc(F)c(OC)c1CC[C@@H](C)O. The summed E-state index contributed by atoms with van der Waals surface area (Å²) in [6, 6.07) is 2.87. The molecule has 0 aromatic heterocycles. The van der Waals surface area contributed by atoms with E-state index in [1.807, 2.05) is 0 Å². The summed E-state index contributed by atoms with van der Waals surface area (Å²) in [5.41, 5.74) is 0.658. The van der Waals surface area contributed by atoms with E-state index in [4.69, 9.17) is 9.47 Å². The second-order valence-electron chi connectivity index (χ2n) is 3.65. The smallest absolute Gasteiger partial charge is 0.165 e. The van der Waals surface area contributed by atoms with Gasteiger partial charge < -0.3 is 14.6 Å². The Hall–Kier alpha value is -1.29. The molecule has 0 saturated heterocycles. The zero-order valence-corrected chi connectivity index (χ0v) is 9.79. The molecule has 0 heterocycles. The van der Waals surface area contributed by atoms with Gasteiger partial charge in [-0.05, 0) is 31.9 Å². The summed E-state index contributed by atoms with van der Waals surface area (Å²) in [6.45, 7) is 1.69. The first-order valence-electron chi connectivity index (χ1n) is 5.17. The fourth-order valence-electron chi connectivity index (χ4n) is 1.58. The predicted octanol–water partition coefficient (Wildman–Crippen LogP) is 2.16. The Morgan fingerprint density at radius 1 is 1.31 bits per heavy atom. The van der Waals surface area contributed by atoms with Crippen LogP contribution in [0.5, 0.6) is 11.5 Å². The molecular formula is C12H17FO3. The van der Waals surface area contributed by atoms with E-state index >= 15 is 0 Å². The fraction of sp³-hybridized carbons (Fsp3) is 0.500. The van der Waals surface area contributed by atoms with Gasteiger partial charge in [-0.3, -0.25) is 0 Å². The summed E-state index contributed by atoms with van der Waals surface area (Å²) in [4.78, 5) is 0. The van der Waals surface area contributed by atoms with E-state index < -0.39 is 11.9 Å².